The van der Waals surface area contributed by atoms with Crippen LogP contribution in [0.5, 0.6) is 5.75 Å². The van der Waals surface area contributed by atoms with E-state index < -0.39 is 5.60 Å². The second-order valence-corrected chi connectivity index (χ2v) is 5.50. The van der Waals surface area contributed by atoms with Crippen LogP contribution in [0.2, 0.25) is 0 Å². The summed E-state index contributed by atoms with van der Waals surface area (Å²) in [6, 6.07) is 7.89. The van der Waals surface area contributed by atoms with Crippen LogP contribution in [0.15, 0.2) is 24.3 Å². The molecule has 0 aliphatic carbocycles. The molecular weight excluding hydrogens is 240 g/mol. The minimum Gasteiger partial charge on any atom is -0.492 e. The number of ether oxygens (including phenoxy) is 1. The number of para-hydroxylation sites is 1. The fraction of sp³-hybridized carbons (Fsp3) is 0.600. The highest BCUT2D eigenvalue weighted by molar-refractivity contribution is 5.32. The first-order chi connectivity index (χ1) is 9.11. The van der Waals surface area contributed by atoms with E-state index in [-0.39, 0.29) is 0 Å². The van der Waals surface area contributed by atoms with Gasteiger partial charge in [-0.2, -0.15) is 0 Å². The number of likely N-dealkylation sites (tertiary alicyclic amines) is 1. The smallest absolute Gasteiger partial charge is 0.123 e. The number of rotatable bonds is 5. The molecule has 0 atom stereocenters. The van der Waals surface area contributed by atoms with Crippen LogP contribution in [0, 0.1) is 0 Å². The highest BCUT2D eigenvalue weighted by Crippen LogP contribution is 2.21. The van der Waals surface area contributed by atoms with Crippen molar-refractivity contribution in [1.29, 1.82) is 0 Å². The van der Waals surface area contributed by atoms with E-state index in [0.29, 0.717) is 13.2 Å². The van der Waals surface area contributed by atoms with Gasteiger partial charge in [0.15, 0.2) is 0 Å². The zero-order valence-corrected chi connectivity index (χ0v) is 11.6. The van der Waals surface area contributed by atoms with Gasteiger partial charge < -0.3 is 15.6 Å². The predicted octanol–water partition coefficient (Wildman–Crippen LogP) is 1.37. The van der Waals surface area contributed by atoms with Gasteiger partial charge in [-0.1, -0.05) is 18.2 Å². The molecule has 4 heteroatoms. The van der Waals surface area contributed by atoms with E-state index in [2.05, 4.69) is 4.90 Å². The van der Waals surface area contributed by atoms with Crippen molar-refractivity contribution in [3.05, 3.63) is 29.8 Å². The zero-order chi connectivity index (χ0) is 13.7. The average Bonchev–Trinajstić information content (AvgIpc) is 2.41. The lowest BCUT2D eigenvalue weighted by atomic mass is 9.94. The number of aliphatic hydroxyl groups is 1. The van der Waals surface area contributed by atoms with Gasteiger partial charge in [0, 0.05) is 31.7 Å². The van der Waals surface area contributed by atoms with Crippen molar-refractivity contribution in [2.24, 2.45) is 5.73 Å². The molecule has 0 amide bonds. The zero-order valence-electron chi connectivity index (χ0n) is 11.6. The van der Waals surface area contributed by atoms with E-state index in [1.807, 2.05) is 31.2 Å². The standard InChI is InChI=1S/C15H24N2O2/c1-15(18)6-8-17(9-7-15)10-11-19-14-5-3-2-4-13(14)12-16/h2-5,18H,6-12,16H2,1H3. The average molecular weight is 264 g/mol. The topological polar surface area (TPSA) is 58.7 Å². The second kappa shape index (κ2) is 6.37. The SMILES string of the molecule is CC1(O)CCN(CCOc2ccccc2CN)CC1. The van der Waals surface area contributed by atoms with Crippen LogP contribution in [-0.4, -0.2) is 41.8 Å². The molecule has 1 aromatic carbocycles. The number of hydrogen-bond donors (Lipinski definition) is 2. The van der Waals surface area contributed by atoms with Crippen LogP contribution in [0.25, 0.3) is 0 Å². The fourth-order valence-electron chi connectivity index (χ4n) is 2.36. The van der Waals surface area contributed by atoms with Gasteiger partial charge in [0.05, 0.1) is 5.60 Å². The van der Waals surface area contributed by atoms with E-state index in [9.17, 15) is 5.11 Å². The number of hydrogen-bond acceptors (Lipinski definition) is 4. The summed E-state index contributed by atoms with van der Waals surface area (Å²) in [5.74, 6) is 0.883. The van der Waals surface area contributed by atoms with Crippen molar-refractivity contribution in [2.75, 3.05) is 26.2 Å². The predicted molar refractivity (Wildman–Crippen MR) is 76.1 cm³/mol. The summed E-state index contributed by atoms with van der Waals surface area (Å²) in [6.45, 7) is 5.86. The quantitative estimate of drug-likeness (QED) is 0.843. The third kappa shape index (κ3) is 4.20. The molecule has 19 heavy (non-hydrogen) atoms. The highest BCUT2D eigenvalue weighted by Gasteiger charge is 2.26. The number of nitrogens with zero attached hydrogens (tertiary/aromatic N) is 1. The summed E-state index contributed by atoms with van der Waals surface area (Å²) in [6.07, 6.45) is 1.68. The molecule has 106 valence electrons. The Morgan fingerprint density at radius 1 is 1.32 bits per heavy atom. The van der Waals surface area contributed by atoms with E-state index in [1.165, 1.54) is 0 Å². The van der Waals surface area contributed by atoms with Crippen LogP contribution in [0.4, 0.5) is 0 Å². The van der Waals surface area contributed by atoms with Crippen LogP contribution >= 0.6 is 0 Å². The minimum absolute atomic E-state index is 0.483. The Bertz CT molecular complexity index is 397. The summed E-state index contributed by atoms with van der Waals surface area (Å²) in [4.78, 5) is 2.34. The van der Waals surface area contributed by atoms with E-state index in [0.717, 1.165) is 43.8 Å². The van der Waals surface area contributed by atoms with Gasteiger partial charge >= 0.3 is 0 Å². The maximum Gasteiger partial charge on any atom is 0.123 e. The molecule has 2 rings (SSSR count). The molecule has 1 heterocycles. The third-order valence-electron chi connectivity index (χ3n) is 3.79. The van der Waals surface area contributed by atoms with Gasteiger partial charge in [-0.15, -0.1) is 0 Å². The monoisotopic (exact) mass is 264 g/mol. The molecule has 1 aliphatic heterocycles. The van der Waals surface area contributed by atoms with Crippen molar-refractivity contribution < 1.29 is 9.84 Å². The van der Waals surface area contributed by atoms with Gasteiger partial charge in [-0.05, 0) is 25.8 Å². The summed E-state index contributed by atoms with van der Waals surface area (Å²) in [5, 5.41) is 9.89. The molecule has 0 saturated carbocycles. The van der Waals surface area contributed by atoms with Gasteiger partial charge in [0.25, 0.3) is 0 Å². The van der Waals surface area contributed by atoms with E-state index in [4.69, 9.17) is 10.5 Å². The lowest BCUT2D eigenvalue weighted by Gasteiger charge is -2.35. The van der Waals surface area contributed by atoms with Gasteiger partial charge in [0.1, 0.15) is 12.4 Å². The third-order valence-corrected chi connectivity index (χ3v) is 3.79. The highest BCUT2D eigenvalue weighted by atomic mass is 16.5. The summed E-state index contributed by atoms with van der Waals surface area (Å²) >= 11 is 0. The lowest BCUT2D eigenvalue weighted by molar-refractivity contribution is -0.00769. The first-order valence-electron chi connectivity index (χ1n) is 6.96. The molecule has 0 unspecified atom stereocenters. The number of benzene rings is 1. The van der Waals surface area contributed by atoms with Crippen LogP contribution in [-0.2, 0) is 6.54 Å². The Hall–Kier alpha value is -1.10. The lowest BCUT2D eigenvalue weighted by Crippen LogP contribution is -2.43. The Morgan fingerprint density at radius 3 is 2.68 bits per heavy atom. The molecule has 4 nitrogen and oxygen atoms in total. The fourth-order valence-corrected chi connectivity index (χ4v) is 2.36. The molecule has 0 spiro atoms. The van der Waals surface area contributed by atoms with Crippen LogP contribution in [0.1, 0.15) is 25.3 Å². The summed E-state index contributed by atoms with van der Waals surface area (Å²) in [5.41, 5.74) is 6.24. The van der Waals surface area contributed by atoms with Gasteiger partial charge in [0.2, 0.25) is 0 Å². The number of nitrogens with two attached hydrogens (primary N) is 1. The van der Waals surface area contributed by atoms with Gasteiger partial charge in [-0.3, -0.25) is 4.90 Å². The van der Waals surface area contributed by atoms with Crippen molar-refractivity contribution in [3.63, 3.8) is 0 Å². The molecule has 1 fully saturated rings. The molecule has 0 bridgehead atoms. The Balaban J connectivity index is 1.75. The van der Waals surface area contributed by atoms with E-state index in [1.54, 1.807) is 0 Å². The first kappa shape index (κ1) is 14.3. The molecule has 1 saturated heterocycles. The van der Waals surface area contributed by atoms with Crippen molar-refractivity contribution >= 4 is 0 Å². The van der Waals surface area contributed by atoms with Crippen molar-refractivity contribution in [3.8, 4) is 5.75 Å². The Kier molecular flexibility index (Phi) is 4.80. The van der Waals surface area contributed by atoms with Crippen molar-refractivity contribution in [2.45, 2.75) is 31.9 Å². The molecule has 1 aromatic rings. The maximum atomic E-state index is 9.89. The summed E-state index contributed by atoms with van der Waals surface area (Å²) < 4.78 is 5.80. The molecule has 0 aromatic heterocycles. The molecular formula is C15H24N2O2. The van der Waals surface area contributed by atoms with Crippen LogP contribution < -0.4 is 10.5 Å². The molecule has 3 N–H and O–H groups in total. The first-order valence-corrected chi connectivity index (χ1v) is 6.96. The normalized spacial score (nSPS) is 19.3. The Morgan fingerprint density at radius 2 is 2.00 bits per heavy atom. The largest absolute Gasteiger partial charge is 0.492 e. The van der Waals surface area contributed by atoms with E-state index >= 15 is 0 Å². The second-order valence-electron chi connectivity index (χ2n) is 5.50. The van der Waals surface area contributed by atoms with Gasteiger partial charge in [-0.25, -0.2) is 0 Å². The minimum atomic E-state index is -0.483. The van der Waals surface area contributed by atoms with Crippen LogP contribution in [0.3, 0.4) is 0 Å². The summed E-state index contributed by atoms with van der Waals surface area (Å²) in [7, 11) is 0. The maximum absolute atomic E-state index is 9.89. The van der Waals surface area contributed by atoms with Crippen molar-refractivity contribution in [1.82, 2.24) is 4.90 Å². The number of piperidine rings is 1. The molecule has 0 radical (unpaired) electrons. The Labute approximate surface area is 115 Å². The molecule has 1 aliphatic rings.